The number of rotatable bonds is 2. The largest absolute Gasteiger partial charge is 0.307 e. The zero-order valence-electron chi connectivity index (χ0n) is 7.81. The van der Waals surface area contributed by atoms with E-state index in [1.54, 1.807) is 0 Å². The first kappa shape index (κ1) is 8.70. The second-order valence-electron chi connectivity index (χ2n) is 3.62. The maximum absolute atomic E-state index is 12.7. The van der Waals surface area contributed by atoms with E-state index >= 15 is 0 Å². The van der Waals surface area contributed by atoms with Crippen molar-refractivity contribution in [2.45, 2.75) is 25.3 Å². The molecule has 1 aliphatic heterocycles. The van der Waals surface area contributed by atoms with Crippen LogP contribution in [0.4, 0.5) is 4.39 Å². The molecule has 0 saturated carbocycles. The van der Waals surface area contributed by atoms with E-state index in [4.69, 9.17) is 0 Å². The smallest absolute Gasteiger partial charge is 0.123 e. The highest BCUT2D eigenvalue weighted by Crippen LogP contribution is 2.34. The van der Waals surface area contributed by atoms with Crippen molar-refractivity contribution >= 4 is 0 Å². The van der Waals surface area contributed by atoms with Gasteiger partial charge in [0.2, 0.25) is 0 Å². The van der Waals surface area contributed by atoms with Crippen LogP contribution in [-0.4, -0.2) is 6.54 Å². The summed E-state index contributed by atoms with van der Waals surface area (Å²) in [6, 6.07) is 6.83. The van der Waals surface area contributed by atoms with Crippen molar-refractivity contribution in [1.29, 1.82) is 0 Å². The molecule has 0 aliphatic carbocycles. The highest BCUT2D eigenvalue weighted by Gasteiger charge is 2.35. The molecule has 1 nitrogen and oxygen atoms in total. The molecule has 0 bridgehead atoms. The van der Waals surface area contributed by atoms with Crippen LogP contribution < -0.4 is 5.32 Å². The van der Waals surface area contributed by atoms with Gasteiger partial charge in [-0.2, -0.15) is 0 Å². The van der Waals surface area contributed by atoms with Gasteiger partial charge in [-0.15, -0.1) is 0 Å². The average Bonchev–Trinajstić information content (AvgIpc) is 2.07. The van der Waals surface area contributed by atoms with Crippen molar-refractivity contribution < 1.29 is 4.39 Å². The van der Waals surface area contributed by atoms with Gasteiger partial charge in [-0.05, 0) is 37.1 Å². The zero-order valence-corrected chi connectivity index (χ0v) is 7.81. The molecular weight excluding hydrogens is 165 g/mol. The van der Waals surface area contributed by atoms with Crippen LogP contribution in [-0.2, 0) is 5.54 Å². The minimum absolute atomic E-state index is 0.133. The maximum atomic E-state index is 12.7. The molecule has 1 heterocycles. The van der Waals surface area contributed by atoms with Crippen molar-refractivity contribution in [2.75, 3.05) is 6.54 Å². The first-order valence-electron chi connectivity index (χ1n) is 4.78. The molecule has 1 aromatic carbocycles. The van der Waals surface area contributed by atoms with Gasteiger partial charge < -0.3 is 5.32 Å². The van der Waals surface area contributed by atoms with Crippen LogP contribution in [0.5, 0.6) is 0 Å². The summed E-state index contributed by atoms with van der Waals surface area (Å²) in [5.74, 6) is -0.158. The summed E-state index contributed by atoms with van der Waals surface area (Å²) in [5, 5.41) is 3.42. The molecule has 1 aromatic rings. The highest BCUT2D eigenvalue weighted by molar-refractivity contribution is 5.27. The second-order valence-corrected chi connectivity index (χ2v) is 3.62. The minimum Gasteiger partial charge on any atom is -0.307 e. The fourth-order valence-corrected chi connectivity index (χ4v) is 1.95. The monoisotopic (exact) mass is 179 g/mol. The lowest BCUT2D eigenvalue weighted by Crippen LogP contribution is -2.53. The topological polar surface area (TPSA) is 12.0 Å². The van der Waals surface area contributed by atoms with Crippen molar-refractivity contribution in [1.82, 2.24) is 5.32 Å². The first-order valence-corrected chi connectivity index (χ1v) is 4.78. The molecule has 2 heteroatoms. The summed E-state index contributed by atoms with van der Waals surface area (Å²) in [4.78, 5) is 0. The van der Waals surface area contributed by atoms with Gasteiger partial charge >= 0.3 is 0 Å². The summed E-state index contributed by atoms with van der Waals surface area (Å²) in [6.07, 6.45) is 2.23. The van der Waals surface area contributed by atoms with Gasteiger partial charge in [0.15, 0.2) is 0 Å². The van der Waals surface area contributed by atoms with Gasteiger partial charge in [-0.1, -0.05) is 19.1 Å². The van der Waals surface area contributed by atoms with E-state index in [9.17, 15) is 4.39 Å². The van der Waals surface area contributed by atoms with E-state index in [0.29, 0.717) is 0 Å². The molecule has 1 unspecified atom stereocenters. The molecule has 0 spiro atoms. The number of halogens is 1. The number of benzene rings is 1. The summed E-state index contributed by atoms with van der Waals surface area (Å²) in [5.41, 5.74) is 1.34. The standard InChI is InChI=1S/C11H14FN/c1-2-11(7-8-13-11)9-3-5-10(12)6-4-9/h3-6,13H,2,7-8H2,1H3. The quantitative estimate of drug-likeness (QED) is 0.735. The van der Waals surface area contributed by atoms with E-state index in [0.717, 1.165) is 19.4 Å². The molecule has 1 N–H and O–H groups in total. The van der Waals surface area contributed by atoms with Gasteiger partial charge in [0.25, 0.3) is 0 Å². The van der Waals surface area contributed by atoms with E-state index in [1.807, 2.05) is 12.1 Å². The van der Waals surface area contributed by atoms with Crippen molar-refractivity contribution in [3.63, 3.8) is 0 Å². The minimum atomic E-state index is -0.158. The molecule has 1 fully saturated rings. The van der Waals surface area contributed by atoms with Crippen LogP contribution in [0.15, 0.2) is 24.3 Å². The Balaban J connectivity index is 2.28. The van der Waals surface area contributed by atoms with Crippen LogP contribution in [0.3, 0.4) is 0 Å². The predicted molar refractivity (Wildman–Crippen MR) is 51.0 cm³/mol. The van der Waals surface area contributed by atoms with Crippen LogP contribution in [0.2, 0.25) is 0 Å². The Kier molecular flexibility index (Phi) is 2.08. The SMILES string of the molecule is CCC1(c2ccc(F)cc2)CCN1. The van der Waals surface area contributed by atoms with Gasteiger partial charge in [0, 0.05) is 5.54 Å². The van der Waals surface area contributed by atoms with Crippen LogP contribution in [0.1, 0.15) is 25.3 Å². The van der Waals surface area contributed by atoms with E-state index in [-0.39, 0.29) is 11.4 Å². The predicted octanol–water partition coefficient (Wildman–Crippen LogP) is 2.42. The fraction of sp³-hybridized carbons (Fsp3) is 0.455. The molecule has 0 amide bonds. The summed E-state index contributed by atoms with van der Waals surface area (Å²) in [6.45, 7) is 3.24. The van der Waals surface area contributed by atoms with Crippen LogP contribution >= 0.6 is 0 Å². The third-order valence-corrected chi connectivity index (χ3v) is 3.02. The second kappa shape index (κ2) is 3.11. The molecule has 1 saturated heterocycles. The fourth-order valence-electron chi connectivity index (χ4n) is 1.95. The Labute approximate surface area is 78.0 Å². The van der Waals surface area contributed by atoms with Crippen molar-refractivity contribution in [3.8, 4) is 0 Å². The molecule has 2 rings (SSSR count). The van der Waals surface area contributed by atoms with Crippen molar-refractivity contribution in [3.05, 3.63) is 35.6 Å². The van der Waals surface area contributed by atoms with Crippen molar-refractivity contribution in [2.24, 2.45) is 0 Å². The molecule has 1 aliphatic rings. The first-order chi connectivity index (χ1) is 6.27. The third-order valence-electron chi connectivity index (χ3n) is 3.02. The van der Waals surface area contributed by atoms with Gasteiger partial charge in [0.05, 0.1) is 0 Å². The summed E-state index contributed by atoms with van der Waals surface area (Å²) in [7, 11) is 0. The Hall–Kier alpha value is -0.890. The Morgan fingerprint density at radius 1 is 1.38 bits per heavy atom. The lowest BCUT2D eigenvalue weighted by molar-refractivity contribution is 0.201. The van der Waals surface area contributed by atoms with Gasteiger partial charge in [0.1, 0.15) is 5.82 Å². The highest BCUT2D eigenvalue weighted by atomic mass is 19.1. The Bertz CT molecular complexity index is 282. The normalized spacial score (nSPS) is 26.9. The zero-order chi connectivity index (χ0) is 9.31. The number of hydrogen-bond donors (Lipinski definition) is 1. The van der Waals surface area contributed by atoms with Crippen LogP contribution in [0.25, 0.3) is 0 Å². The molecular formula is C11H14FN. The summed E-state index contributed by atoms with van der Waals surface area (Å²) < 4.78 is 12.7. The van der Waals surface area contributed by atoms with E-state index < -0.39 is 0 Å². The Morgan fingerprint density at radius 2 is 2.00 bits per heavy atom. The lowest BCUT2D eigenvalue weighted by Gasteiger charge is -2.43. The molecule has 13 heavy (non-hydrogen) atoms. The van der Waals surface area contributed by atoms with E-state index in [1.165, 1.54) is 17.7 Å². The van der Waals surface area contributed by atoms with Crippen LogP contribution in [0, 0.1) is 5.82 Å². The Morgan fingerprint density at radius 3 is 2.38 bits per heavy atom. The van der Waals surface area contributed by atoms with Gasteiger partial charge in [-0.3, -0.25) is 0 Å². The number of hydrogen-bond acceptors (Lipinski definition) is 1. The molecule has 70 valence electrons. The van der Waals surface area contributed by atoms with Gasteiger partial charge in [-0.25, -0.2) is 4.39 Å². The summed E-state index contributed by atoms with van der Waals surface area (Å²) >= 11 is 0. The maximum Gasteiger partial charge on any atom is 0.123 e. The third kappa shape index (κ3) is 1.35. The number of nitrogens with one attached hydrogen (secondary N) is 1. The average molecular weight is 179 g/mol. The molecule has 0 aromatic heterocycles. The molecule has 0 radical (unpaired) electrons. The molecule has 1 atom stereocenters. The lowest BCUT2D eigenvalue weighted by atomic mass is 9.79. The van der Waals surface area contributed by atoms with E-state index in [2.05, 4.69) is 12.2 Å².